The Bertz CT molecular complexity index is 2140. The second-order valence-electron chi connectivity index (χ2n) is 13.8. The van der Waals surface area contributed by atoms with Crippen LogP contribution in [-0.4, -0.2) is 33.8 Å². The topological polar surface area (TPSA) is 72.0 Å². The molecule has 0 spiro atoms. The Balaban J connectivity index is 1.20. The summed E-state index contributed by atoms with van der Waals surface area (Å²) in [5, 5.41) is 0. The highest BCUT2D eigenvalue weighted by molar-refractivity contribution is 7.97. The van der Waals surface area contributed by atoms with Crippen molar-refractivity contribution in [2.45, 2.75) is 75.1 Å². The fourth-order valence-corrected chi connectivity index (χ4v) is 7.93. The third-order valence-electron chi connectivity index (χ3n) is 10.1. The zero-order chi connectivity index (χ0) is 39.2. The molecule has 1 saturated carbocycles. The molecule has 13 heteroatoms. The predicted octanol–water partition coefficient (Wildman–Crippen LogP) is 10.1. The zero-order valence-corrected chi connectivity index (χ0v) is 31.1. The molecule has 0 bridgehead atoms. The molecule has 5 aromatic rings. The first-order valence-electron chi connectivity index (χ1n) is 18.4. The van der Waals surface area contributed by atoms with Crippen molar-refractivity contribution in [3.63, 3.8) is 0 Å². The number of pyridine rings is 1. The van der Waals surface area contributed by atoms with Gasteiger partial charge in [0.15, 0.2) is 23.3 Å². The van der Waals surface area contributed by atoms with Gasteiger partial charge in [-0.3, -0.25) is 9.78 Å². The minimum atomic E-state index is -2.26. The van der Waals surface area contributed by atoms with Gasteiger partial charge in [0.1, 0.15) is 35.5 Å². The zero-order valence-electron chi connectivity index (χ0n) is 30.2. The summed E-state index contributed by atoms with van der Waals surface area (Å²) in [7, 11) is 0. The van der Waals surface area contributed by atoms with Crippen molar-refractivity contribution in [1.29, 1.82) is 0 Å². The van der Waals surface area contributed by atoms with Crippen LogP contribution in [0.15, 0.2) is 102 Å². The molecule has 2 fully saturated rings. The molecule has 2 heterocycles. The number of rotatable bonds is 13. The molecule has 2 aliphatic rings. The highest BCUT2D eigenvalue weighted by Gasteiger charge is 2.40. The number of carbonyl (C=O) groups excluding carboxylic acids is 2. The Morgan fingerprint density at radius 2 is 1.38 bits per heavy atom. The largest absolute Gasteiger partial charge is 0.488 e. The molecule has 1 amide bonds. The van der Waals surface area contributed by atoms with Crippen molar-refractivity contribution < 1.29 is 41.0 Å². The van der Waals surface area contributed by atoms with E-state index >= 15 is 0 Å². The Morgan fingerprint density at radius 3 is 1.98 bits per heavy atom. The van der Waals surface area contributed by atoms with Gasteiger partial charge in [0.25, 0.3) is 0 Å². The number of amides is 1. The minimum absolute atomic E-state index is 0.0181. The van der Waals surface area contributed by atoms with Gasteiger partial charge in [-0.15, -0.1) is 0 Å². The van der Waals surface area contributed by atoms with Crippen LogP contribution in [0.3, 0.4) is 0 Å². The Labute approximate surface area is 325 Å². The second-order valence-corrected chi connectivity index (χ2v) is 14.9. The highest BCUT2D eigenvalue weighted by atomic mass is 32.2. The number of halogens is 5. The normalized spacial score (nSPS) is 15.9. The maximum atomic E-state index is 14.7. The van der Waals surface area contributed by atoms with Crippen LogP contribution in [0.2, 0.25) is 0 Å². The lowest BCUT2D eigenvalue weighted by molar-refractivity contribution is -0.124. The van der Waals surface area contributed by atoms with Gasteiger partial charge >= 0.3 is 5.97 Å². The molecule has 4 aromatic carbocycles. The Morgan fingerprint density at radius 1 is 0.732 bits per heavy atom. The fourth-order valence-electron chi connectivity index (χ4n) is 6.83. The fraction of sp³-hybridized carbons (Fsp3) is 0.279. The Hall–Kier alpha value is -5.27. The maximum Gasteiger partial charge on any atom is 0.342 e. The molecule has 0 radical (unpaired) electrons. The molecule has 56 heavy (non-hydrogen) atoms. The lowest BCUT2D eigenvalue weighted by Crippen LogP contribution is -2.54. The molecular formula is C43H38F5N3O4S. The molecular weight excluding hydrogens is 750 g/mol. The molecule has 1 atom stereocenters. The van der Waals surface area contributed by atoms with Crippen molar-refractivity contribution in [3.05, 3.63) is 154 Å². The number of benzene rings is 4. The predicted molar refractivity (Wildman–Crippen MR) is 201 cm³/mol. The van der Waals surface area contributed by atoms with Crippen molar-refractivity contribution >= 4 is 29.5 Å². The van der Waals surface area contributed by atoms with Gasteiger partial charge in [0, 0.05) is 36.1 Å². The average molecular weight is 788 g/mol. The van der Waals surface area contributed by atoms with Crippen LogP contribution in [0.25, 0.3) is 0 Å². The first kappa shape index (κ1) is 39.0. The number of nitrogens with zero attached hydrogens (tertiary/aromatic N) is 3. The number of hydrogen-bond acceptors (Lipinski definition) is 7. The molecule has 1 aliphatic carbocycles. The standard InChI is InChI=1S/C43H38F5N3O4S/c44-36-37(45)39(47)41(40(48)38(36)46)56-51-21-20-34(51)42(52)50(24-29-16-19-33(49-23-29)30-14-8-3-9-15-30)31-17-18-32(43(53)55-26-28-12-6-2-7-13-28)35(22-31)54-25-27-10-4-1-5-11-27/h1-2,4-7,10-13,16-19,22-23,30,34H,3,8-9,14-15,20-21,24-26H2/t34-/m1/s1. The van der Waals surface area contributed by atoms with Crippen molar-refractivity contribution in [3.8, 4) is 5.75 Å². The van der Waals surface area contributed by atoms with Crippen molar-refractivity contribution in [1.82, 2.24) is 9.29 Å². The van der Waals surface area contributed by atoms with E-state index in [-0.39, 0.29) is 44.0 Å². The summed E-state index contributed by atoms with van der Waals surface area (Å²) >= 11 is 0.304. The molecule has 7 rings (SSSR count). The van der Waals surface area contributed by atoms with E-state index in [1.807, 2.05) is 72.8 Å². The van der Waals surface area contributed by atoms with Crippen LogP contribution in [0.5, 0.6) is 5.75 Å². The molecule has 1 aromatic heterocycles. The second kappa shape index (κ2) is 17.7. The van der Waals surface area contributed by atoms with Crippen molar-refractivity contribution in [2.24, 2.45) is 0 Å². The quantitative estimate of drug-likeness (QED) is 0.0387. The average Bonchev–Trinajstić information content (AvgIpc) is 3.23. The lowest BCUT2D eigenvalue weighted by Gasteiger charge is -2.41. The van der Waals surface area contributed by atoms with Crippen LogP contribution in [0, 0.1) is 29.1 Å². The SMILES string of the molecule is O=C(OCc1ccccc1)c1ccc(N(Cc2ccc(C3CCCCC3)nc2)C(=O)[C@H]2CCN2Sc2c(F)c(F)c(F)c(F)c2F)cc1OCc1ccccc1. The third-order valence-corrected chi connectivity index (χ3v) is 11.3. The third kappa shape index (κ3) is 8.74. The van der Waals surface area contributed by atoms with Gasteiger partial charge in [-0.2, -0.15) is 0 Å². The summed E-state index contributed by atoms with van der Waals surface area (Å²) in [6.07, 6.45) is 7.56. The van der Waals surface area contributed by atoms with E-state index in [0.29, 0.717) is 29.1 Å². The molecule has 1 saturated heterocycles. The summed E-state index contributed by atoms with van der Waals surface area (Å²) in [6, 6.07) is 26.0. The summed E-state index contributed by atoms with van der Waals surface area (Å²) in [6.45, 7) is 0.277. The molecule has 290 valence electrons. The monoisotopic (exact) mass is 787 g/mol. The minimum Gasteiger partial charge on any atom is -0.488 e. The van der Waals surface area contributed by atoms with Crippen molar-refractivity contribution in [2.75, 3.05) is 11.4 Å². The van der Waals surface area contributed by atoms with Crippen LogP contribution in [-0.2, 0) is 29.3 Å². The number of carbonyl (C=O) groups is 2. The van der Waals surface area contributed by atoms with Crippen LogP contribution < -0.4 is 9.64 Å². The van der Waals surface area contributed by atoms with E-state index in [2.05, 4.69) is 0 Å². The van der Waals surface area contributed by atoms with Gasteiger partial charge < -0.3 is 14.4 Å². The van der Waals surface area contributed by atoms with Gasteiger partial charge in [-0.05, 0) is 66.1 Å². The highest BCUT2D eigenvalue weighted by Crippen LogP contribution is 2.40. The van der Waals surface area contributed by atoms with E-state index in [4.69, 9.17) is 14.5 Å². The van der Waals surface area contributed by atoms with E-state index in [0.717, 1.165) is 42.5 Å². The number of ether oxygens (including phenoxy) is 2. The molecule has 1 aliphatic heterocycles. The molecule has 0 unspecified atom stereocenters. The first-order chi connectivity index (χ1) is 27.2. The number of anilines is 1. The van der Waals surface area contributed by atoms with Crippen LogP contribution in [0.4, 0.5) is 27.6 Å². The van der Waals surface area contributed by atoms with Gasteiger partial charge in [0.05, 0.1) is 6.54 Å². The lowest BCUT2D eigenvalue weighted by atomic mass is 9.86. The van der Waals surface area contributed by atoms with Gasteiger partial charge in [-0.1, -0.05) is 86.0 Å². The number of hydrogen-bond donors (Lipinski definition) is 0. The van der Waals surface area contributed by atoms with Crippen LogP contribution in [0.1, 0.15) is 77.2 Å². The van der Waals surface area contributed by atoms with Gasteiger partial charge in [0.2, 0.25) is 11.7 Å². The first-order valence-corrected chi connectivity index (χ1v) is 19.2. The van der Waals surface area contributed by atoms with Gasteiger partial charge in [-0.25, -0.2) is 31.1 Å². The van der Waals surface area contributed by atoms with E-state index < -0.39 is 51.9 Å². The summed E-state index contributed by atoms with van der Waals surface area (Å²) < 4.78 is 84.5. The summed E-state index contributed by atoms with van der Waals surface area (Å²) in [5.41, 5.74) is 3.74. The van der Waals surface area contributed by atoms with E-state index in [1.165, 1.54) is 21.7 Å². The summed E-state index contributed by atoms with van der Waals surface area (Å²) in [4.78, 5) is 33.1. The van der Waals surface area contributed by atoms with Crippen LogP contribution >= 0.6 is 11.9 Å². The van der Waals surface area contributed by atoms with E-state index in [1.54, 1.807) is 18.3 Å². The smallest absolute Gasteiger partial charge is 0.342 e. The maximum absolute atomic E-state index is 14.7. The molecule has 7 nitrogen and oxygen atoms in total. The number of aromatic nitrogens is 1. The Kier molecular flexibility index (Phi) is 12.3. The number of esters is 1. The summed E-state index contributed by atoms with van der Waals surface area (Å²) in [5.74, 6) is -11.0. The van der Waals surface area contributed by atoms with E-state index in [9.17, 15) is 31.5 Å². The molecule has 0 N–H and O–H groups in total.